The first-order valence-corrected chi connectivity index (χ1v) is 7.29. The standard InChI is InChI=1S/C14H13ClFNO2S/c15-8-4-5-11(10(16)7-8)17-12(20)9-3-1-2-6-14(9,19)13(17)18/h4-5,7,9,19H,1-3,6H2. The number of anilines is 1. The summed E-state index contributed by atoms with van der Waals surface area (Å²) in [5.74, 6) is -1.53. The van der Waals surface area contributed by atoms with Crippen molar-refractivity contribution in [3.8, 4) is 0 Å². The zero-order valence-corrected chi connectivity index (χ0v) is 12.2. The van der Waals surface area contributed by atoms with Gasteiger partial charge in [-0.2, -0.15) is 0 Å². The number of hydrogen-bond acceptors (Lipinski definition) is 3. The van der Waals surface area contributed by atoms with Gasteiger partial charge < -0.3 is 5.11 Å². The van der Waals surface area contributed by atoms with Crippen molar-refractivity contribution in [3.63, 3.8) is 0 Å². The van der Waals surface area contributed by atoms with Crippen LogP contribution in [0, 0.1) is 11.7 Å². The van der Waals surface area contributed by atoms with Crippen LogP contribution in [-0.2, 0) is 4.79 Å². The van der Waals surface area contributed by atoms with Gasteiger partial charge in [-0.15, -0.1) is 0 Å². The van der Waals surface area contributed by atoms with Crippen molar-refractivity contribution in [2.45, 2.75) is 31.3 Å². The third kappa shape index (κ3) is 1.88. The topological polar surface area (TPSA) is 40.5 Å². The molecular weight excluding hydrogens is 301 g/mol. The first-order valence-electron chi connectivity index (χ1n) is 6.51. The van der Waals surface area contributed by atoms with Crippen LogP contribution >= 0.6 is 23.8 Å². The summed E-state index contributed by atoms with van der Waals surface area (Å²) in [5.41, 5.74) is -1.41. The van der Waals surface area contributed by atoms with E-state index in [1.165, 1.54) is 12.1 Å². The summed E-state index contributed by atoms with van der Waals surface area (Å²) in [6, 6.07) is 4.06. The zero-order valence-electron chi connectivity index (χ0n) is 10.6. The highest BCUT2D eigenvalue weighted by Crippen LogP contribution is 2.44. The molecule has 0 radical (unpaired) electrons. The maximum absolute atomic E-state index is 14.0. The molecule has 3 rings (SSSR count). The van der Waals surface area contributed by atoms with Crippen molar-refractivity contribution in [1.82, 2.24) is 0 Å². The van der Waals surface area contributed by atoms with Crippen molar-refractivity contribution in [1.29, 1.82) is 0 Å². The third-order valence-corrected chi connectivity index (χ3v) is 4.82. The van der Waals surface area contributed by atoms with Crippen LogP contribution in [0.5, 0.6) is 0 Å². The van der Waals surface area contributed by atoms with Crippen molar-refractivity contribution >= 4 is 40.4 Å². The molecule has 1 aliphatic carbocycles. The first kappa shape index (κ1) is 13.9. The minimum atomic E-state index is -1.47. The maximum atomic E-state index is 14.0. The van der Waals surface area contributed by atoms with Crippen LogP contribution in [0.1, 0.15) is 25.7 Å². The minimum absolute atomic E-state index is 0.0622. The fourth-order valence-corrected chi connectivity index (χ4v) is 3.73. The van der Waals surface area contributed by atoms with E-state index in [-0.39, 0.29) is 10.7 Å². The first-order chi connectivity index (χ1) is 9.45. The largest absolute Gasteiger partial charge is 0.379 e. The van der Waals surface area contributed by atoms with Gasteiger partial charge in [-0.1, -0.05) is 30.2 Å². The third-order valence-electron chi connectivity index (χ3n) is 4.12. The second kappa shape index (κ2) is 4.76. The molecule has 1 heterocycles. The van der Waals surface area contributed by atoms with Gasteiger partial charge in [0.15, 0.2) is 5.60 Å². The van der Waals surface area contributed by atoms with Crippen LogP contribution in [0.2, 0.25) is 5.02 Å². The fraction of sp³-hybridized carbons (Fsp3) is 0.429. The predicted molar refractivity (Wildman–Crippen MR) is 78.4 cm³/mol. The molecule has 2 fully saturated rings. The second-order valence-electron chi connectivity index (χ2n) is 5.30. The van der Waals surface area contributed by atoms with Crippen molar-refractivity contribution in [3.05, 3.63) is 29.0 Å². The lowest BCUT2D eigenvalue weighted by Crippen LogP contribution is -2.45. The van der Waals surface area contributed by atoms with Gasteiger partial charge in [-0.3, -0.25) is 9.69 Å². The number of thiocarbonyl (C=S) groups is 1. The summed E-state index contributed by atoms with van der Waals surface area (Å²) < 4.78 is 14.0. The van der Waals surface area contributed by atoms with Crippen molar-refractivity contribution in [2.24, 2.45) is 5.92 Å². The smallest absolute Gasteiger partial charge is 0.264 e. The quantitative estimate of drug-likeness (QED) is 0.810. The van der Waals surface area contributed by atoms with Gasteiger partial charge in [-0.25, -0.2) is 4.39 Å². The molecule has 2 aliphatic rings. The molecule has 20 heavy (non-hydrogen) atoms. The number of hydrogen-bond donors (Lipinski definition) is 1. The van der Waals surface area contributed by atoms with E-state index >= 15 is 0 Å². The minimum Gasteiger partial charge on any atom is -0.379 e. The maximum Gasteiger partial charge on any atom is 0.264 e. The van der Waals surface area contributed by atoms with Crippen LogP contribution in [-0.4, -0.2) is 21.6 Å². The predicted octanol–water partition coefficient (Wildman–Crippen LogP) is 3.07. The molecule has 1 amide bonds. The zero-order chi connectivity index (χ0) is 14.5. The lowest BCUT2D eigenvalue weighted by atomic mass is 9.77. The van der Waals surface area contributed by atoms with E-state index in [0.29, 0.717) is 17.8 Å². The summed E-state index contributed by atoms with van der Waals surface area (Å²) in [6.45, 7) is 0. The second-order valence-corrected chi connectivity index (χ2v) is 6.15. The van der Waals surface area contributed by atoms with E-state index in [9.17, 15) is 14.3 Å². The van der Waals surface area contributed by atoms with Gasteiger partial charge in [0.2, 0.25) is 0 Å². The Labute approximate surface area is 126 Å². The molecule has 1 N–H and O–H groups in total. The van der Waals surface area contributed by atoms with Gasteiger partial charge in [-0.05, 0) is 37.5 Å². The summed E-state index contributed by atoms with van der Waals surface area (Å²) in [5, 5.41) is 10.8. The Morgan fingerprint density at radius 2 is 2.20 bits per heavy atom. The van der Waals surface area contributed by atoms with Gasteiger partial charge in [0.05, 0.1) is 10.7 Å². The Balaban J connectivity index is 2.06. The van der Waals surface area contributed by atoms with E-state index in [2.05, 4.69) is 0 Å². The van der Waals surface area contributed by atoms with E-state index in [0.717, 1.165) is 23.8 Å². The average molecular weight is 314 g/mol. The number of aliphatic hydroxyl groups is 1. The Kier molecular flexibility index (Phi) is 3.31. The monoisotopic (exact) mass is 313 g/mol. The number of benzene rings is 1. The number of fused-ring (bicyclic) bond motifs is 1. The number of carbonyl (C=O) groups is 1. The SMILES string of the molecule is O=C1N(c2ccc(Cl)cc2F)C(=S)C2CCCCC12O. The molecule has 0 spiro atoms. The van der Waals surface area contributed by atoms with Crippen LogP contribution in [0.4, 0.5) is 10.1 Å². The van der Waals surface area contributed by atoms with Crippen LogP contribution < -0.4 is 4.90 Å². The molecule has 0 aromatic heterocycles. The Morgan fingerprint density at radius 3 is 2.85 bits per heavy atom. The van der Waals surface area contributed by atoms with Crippen molar-refractivity contribution < 1.29 is 14.3 Å². The normalized spacial score (nSPS) is 29.8. The molecule has 2 unspecified atom stereocenters. The lowest BCUT2D eigenvalue weighted by molar-refractivity contribution is -0.138. The Morgan fingerprint density at radius 1 is 1.45 bits per heavy atom. The summed E-state index contributed by atoms with van der Waals surface area (Å²) in [6.07, 6.45) is 2.73. The molecule has 6 heteroatoms. The van der Waals surface area contributed by atoms with E-state index < -0.39 is 23.2 Å². The lowest BCUT2D eigenvalue weighted by Gasteiger charge is -2.30. The van der Waals surface area contributed by atoms with Crippen LogP contribution in [0.15, 0.2) is 18.2 Å². The summed E-state index contributed by atoms with van der Waals surface area (Å²) >= 11 is 11.0. The molecule has 1 aliphatic heterocycles. The highest BCUT2D eigenvalue weighted by Gasteiger charge is 2.57. The molecule has 106 valence electrons. The molecule has 1 saturated heterocycles. The van der Waals surface area contributed by atoms with Gasteiger partial charge in [0, 0.05) is 10.9 Å². The highest BCUT2D eigenvalue weighted by molar-refractivity contribution is 7.80. The molecule has 1 saturated carbocycles. The van der Waals surface area contributed by atoms with Crippen molar-refractivity contribution in [2.75, 3.05) is 4.90 Å². The molecule has 2 atom stereocenters. The van der Waals surface area contributed by atoms with E-state index in [1.54, 1.807) is 0 Å². The highest BCUT2D eigenvalue weighted by atomic mass is 35.5. The number of carbonyl (C=O) groups excluding carboxylic acids is 1. The molecule has 1 aromatic carbocycles. The van der Waals surface area contributed by atoms with E-state index in [4.69, 9.17) is 23.8 Å². The van der Waals surface area contributed by atoms with Gasteiger partial charge >= 0.3 is 0 Å². The van der Waals surface area contributed by atoms with Crippen LogP contribution in [0.3, 0.4) is 0 Å². The Bertz CT molecular complexity index is 609. The molecule has 0 bridgehead atoms. The fourth-order valence-electron chi connectivity index (χ4n) is 3.08. The van der Waals surface area contributed by atoms with E-state index in [1.807, 2.05) is 0 Å². The number of amides is 1. The van der Waals surface area contributed by atoms with Gasteiger partial charge in [0.25, 0.3) is 5.91 Å². The number of rotatable bonds is 1. The average Bonchev–Trinajstić information content (AvgIpc) is 2.59. The summed E-state index contributed by atoms with van der Waals surface area (Å²) in [4.78, 5) is 13.9. The van der Waals surface area contributed by atoms with Crippen LogP contribution in [0.25, 0.3) is 0 Å². The Hall–Kier alpha value is -1.04. The molecular formula is C14H13ClFNO2S. The summed E-state index contributed by atoms with van der Waals surface area (Å²) in [7, 11) is 0. The number of halogens is 2. The molecule has 1 aromatic rings. The molecule has 3 nitrogen and oxygen atoms in total. The van der Waals surface area contributed by atoms with Gasteiger partial charge in [0.1, 0.15) is 5.82 Å². The number of nitrogens with zero attached hydrogens (tertiary/aromatic N) is 1.